The second-order valence-corrected chi connectivity index (χ2v) is 6.42. The summed E-state index contributed by atoms with van der Waals surface area (Å²) in [6.07, 6.45) is 1.50. The van der Waals surface area contributed by atoms with Crippen LogP contribution in [-0.4, -0.2) is 35.3 Å². The third-order valence-electron chi connectivity index (χ3n) is 4.45. The number of hydrogen-bond donors (Lipinski definition) is 2. The van der Waals surface area contributed by atoms with E-state index < -0.39 is 0 Å². The number of phenolic OH excluding ortho intramolecular Hbond substituents is 1. The highest BCUT2D eigenvalue weighted by atomic mass is 32.1. The van der Waals surface area contributed by atoms with Gasteiger partial charge in [0.25, 0.3) is 0 Å². The molecule has 0 aromatic heterocycles. The summed E-state index contributed by atoms with van der Waals surface area (Å²) in [5.74, 6) is 0.515. The van der Waals surface area contributed by atoms with E-state index in [-0.39, 0.29) is 11.6 Å². The number of halogens is 1. The fourth-order valence-corrected chi connectivity index (χ4v) is 3.29. The van der Waals surface area contributed by atoms with Crippen LogP contribution in [0.15, 0.2) is 36.4 Å². The molecular weight excluding hydrogens is 339 g/mol. The molecule has 2 N–H and O–H groups in total. The van der Waals surface area contributed by atoms with Crippen molar-refractivity contribution in [3.63, 3.8) is 0 Å². The van der Waals surface area contributed by atoms with Crippen molar-refractivity contribution in [2.45, 2.75) is 19.4 Å². The molecule has 1 aliphatic rings. The van der Waals surface area contributed by atoms with Crippen molar-refractivity contribution in [2.24, 2.45) is 0 Å². The quantitative estimate of drug-likeness (QED) is 0.821. The average molecular weight is 360 g/mol. The third kappa shape index (κ3) is 4.02. The molecule has 4 nitrogen and oxygen atoms in total. The van der Waals surface area contributed by atoms with Gasteiger partial charge in [-0.3, -0.25) is 0 Å². The zero-order chi connectivity index (χ0) is 17.8. The van der Waals surface area contributed by atoms with E-state index >= 15 is 0 Å². The number of methoxy groups -OCH3 is 1. The summed E-state index contributed by atoms with van der Waals surface area (Å²) < 4.78 is 18.1. The summed E-state index contributed by atoms with van der Waals surface area (Å²) in [6, 6.07) is 10.3. The minimum Gasteiger partial charge on any atom is -0.504 e. The molecular formula is C19H21FN2O2S. The number of fused-ring (bicyclic) bond motifs is 1. The highest BCUT2D eigenvalue weighted by molar-refractivity contribution is 7.80. The van der Waals surface area contributed by atoms with Crippen LogP contribution in [0.2, 0.25) is 0 Å². The molecule has 0 amide bonds. The van der Waals surface area contributed by atoms with Crippen molar-refractivity contribution in [2.75, 3.05) is 20.2 Å². The summed E-state index contributed by atoms with van der Waals surface area (Å²) in [4.78, 5) is 2.09. The first kappa shape index (κ1) is 17.5. The molecule has 1 heterocycles. The molecule has 25 heavy (non-hydrogen) atoms. The number of ether oxygens (including phenoxy) is 1. The maximum absolute atomic E-state index is 12.9. The Morgan fingerprint density at radius 2 is 2.04 bits per heavy atom. The molecule has 0 radical (unpaired) electrons. The molecule has 0 saturated carbocycles. The molecule has 6 heteroatoms. The third-order valence-corrected chi connectivity index (χ3v) is 4.85. The number of nitrogens with one attached hydrogen (secondary N) is 1. The zero-order valence-corrected chi connectivity index (χ0v) is 14.9. The summed E-state index contributed by atoms with van der Waals surface area (Å²) in [6.45, 7) is 2.10. The van der Waals surface area contributed by atoms with Crippen molar-refractivity contribution in [1.82, 2.24) is 10.2 Å². The average Bonchev–Trinajstić information content (AvgIpc) is 2.63. The maximum Gasteiger partial charge on any atom is 0.169 e. The molecule has 0 saturated heterocycles. The Morgan fingerprint density at radius 3 is 2.76 bits per heavy atom. The van der Waals surface area contributed by atoms with Gasteiger partial charge in [-0.15, -0.1) is 0 Å². The minimum absolute atomic E-state index is 0.223. The number of aromatic hydroxyl groups is 1. The molecule has 0 spiro atoms. The van der Waals surface area contributed by atoms with Gasteiger partial charge in [-0.1, -0.05) is 18.2 Å². The van der Waals surface area contributed by atoms with Crippen LogP contribution < -0.4 is 10.1 Å². The molecule has 0 unspecified atom stereocenters. The van der Waals surface area contributed by atoms with Crippen LogP contribution in [0, 0.1) is 5.82 Å². The van der Waals surface area contributed by atoms with E-state index in [1.807, 2.05) is 6.07 Å². The van der Waals surface area contributed by atoms with E-state index in [1.165, 1.54) is 12.1 Å². The highest BCUT2D eigenvalue weighted by Gasteiger charge is 2.22. The Hall–Kier alpha value is -2.34. The lowest BCUT2D eigenvalue weighted by Gasteiger charge is -2.31. The highest BCUT2D eigenvalue weighted by Crippen LogP contribution is 2.35. The molecule has 3 rings (SSSR count). The number of rotatable bonds is 4. The molecule has 132 valence electrons. The lowest BCUT2D eigenvalue weighted by Crippen LogP contribution is -2.43. The monoisotopic (exact) mass is 360 g/mol. The molecule has 0 fully saturated rings. The Bertz CT molecular complexity index is 765. The van der Waals surface area contributed by atoms with Gasteiger partial charge < -0.3 is 20.1 Å². The van der Waals surface area contributed by atoms with Gasteiger partial charge in [0.2, 0.25) is 0 Å². The van der Waals surface area contributed by atoms with Crippen molar-refractivity contribution in [3.05, 3.63) is 58.9 Å². The summed E-state index contributed by atoms with van der Waals surface area (Å²) >= 11 is 5.49. The molecule has 2 aromatic rings. The number of hydrogen-bond acceptors (Lipinski definition) is 3. The molecule has 0 bridgehead atoms. The van der Waals surface area contributed by atoms with Gasteiger partial charge in [0.1, 0.15) is 5.82 Å². The lowest BCUT2D eigenvalue weighted by atomic mass is 9.98. The molecule has 0 aliphatic carbocycles. The van der Waals surface area contributed by atoms with Gasteiger partial charge in [-0.2, -0.15) is 0 Å². The topological polar surface area (TPSA) is 44.7 Å². The van der Waals surface area contributed by atoms with Crippen LogP contribution in [0.25, 0.3) is 0 Å². The Kier molecular flexibility index (Phi) is 5.38. The Labute approximate surface area is 152 Å². The van der Waals surface area contributed by atoms with E-state index in [9.17, 15) is 9.50 Å². The van der Waals surface area contributed by atoms with Crippen LogP contribution in [0.1, 0.15) is 16.7 Å². The fraction of sp³-hybridized carbons (Fsp3) is 0.316. The zero-order valence-electron chi connectivity index (χ0n) is 14.1. The molecule has 0 atom stereocenters. The van der Waals surface area contributed by atoms with Gasteiger partial charge in [-0.25, -0.2) is 4.39 Å². The van der Waals surface area contributed by atoms with E-state index in [0.29, 0.717) is 24.0 Å². The summed E-state index contributed by atoms with van der Waals surface area (Å²) in [7, 11) is 1.55. The van der Waals surface area contributed by atoms with Crippen LogP contribution in [0.5, 0.6) is 11.5 Å². The predicted octanol–water partition coefficient (Wildman–Crippen LogP) is 3.02. The fourth-order valence-electron chi connectivity index (χ4n) is 3.03. The number of phenols is 1. The standard InChI is InChI=1S/C19H21FN2O2S/c1-24-17-7-4-14-12-22(11-9-16(14)18(17)23)19(25)21-10-8-13-2-5-15(20)6-3-13/h2-7,23H,8-12H2,1H3,(H,21,25). The van der Waals surface area contributed by atoms with Crippen LogP contribution >= 0.6 is 12.2 Å². The second-order valence-electron chi connectivity index (χ2n) is 6.03. The van der Waals surface area contributed by atoms with Crippen LogP contribution in [-0.2, 0) is 19.4 Å². The predicted molar refractivity (Wildman–Crippen MR) is 99.5 cm³/mol. The summed E-state index contributed by atoms with van der Waals surface area (Å²) in [5, 5.41) is 14.2. The van der Waals surface area contributed by atoms with Gasteiger partial charge in [0.05, 0.1) is 7.11 Å². The first-order chi connectivity index (χ1) is 12.1. The summed E-state index contributed by atoms with van der Waals surface area (Å²) in [5.41, 5.74) is 3.06. The van der Waals surface area contributed by atoms with Crippen molar-refractivity contribution >= 4 is 17.3 Å². The maximum atomic E-state index is 12.9. The van der Waals surface area contributed by atoms with Gasteiger partial charge in [0.15, 0.2) is 16.6 Å². The van der Waals surface area contributed by atoms with Crippen molar-refractivity contribution in [1.29, 1.82) is 0 Å². The van der Waals surface area contributed by atoms with Gasteiger partial charge >= 0.3 is 0 Å². The minimum atomic E-state index is -0.223. The normalized spacial score (nSPS) is 13.3. The Balaban J connectivity index is 1.55. The van der Waals surface area contributed by atoms with E-state index in [0.717, 1.165) is 36.1 Å². The first-order valence-corrected chi connectivity index (χ1v) is 8.64. The number of benzene rings is 2. The van der Waals surface area contributed by atoms with E-state index in [1.54, 1.807) is 25.3 Å². The van der Waals surface area contributed by atoms with Crippen molar-refractivity contribution in [3.8, 4) is 11.5 Å². The van der Waals surface area contributed by atoms with Crippen LogP contribution in [0.3, 0.4) is 0 Å². The van der Waals surface area contributed by atoms with Gasteiger partial charge in [-0.05, 0) is 54.4 Å². The Morgan fingerprint density at radius 1 is 1.28 bits per heavy atom. The number of thiocarbonyl (C=S) groups is 1. The van der Waals surface area contributed by atoms with E-state index in [4.69, 9.17) is 17.0 Å². The van der Waals surface area contributed by atoms with Crippen LogP contribution in [0.4, 0.5) is 4.39 Å². The smallest absolute Gasteiger partial charge is 0.169 e. The van der Waals surface area contributed by atoms with E-state index in [2.05, 4.69) is 10.2 Å². The lowest BCUT2D eigenvalue weighted by molar-refractivity contribution is 0.351. The van der Waals surface area contributed by atoms with Crippen molar-refractivity contribution < 1.29 is 14.2 Å². The SMILES string of the molecule is COc1ccc2c(c1O)CCN(C(=S)NCCc1ccc(F)cc1)C2. The van der Waals surface area contributed by atoms with Gasteiger partial charge in [0, 0.05) is 25.2 Å². The largest absolute Gasteiger partial charge is 0.504 e. The molecule has 2 aromatic carbocycles. The molecule has 1 aliphatic heterocycles. The number of nitrogens with zero attached hydrogens (tertiary/aromatic N) is 1. The second kappa shape index (κ2) is 7.70. The first-order valence-electron chi connectivity index (χ1n) is 8.23.